The quantitative estimate of drug-likeness (QED) is 0.624. The van der Waals surface area contributed by atoms with Gasteiger partial charge in [0.25, 0.3) is 0 Å². The largest absolute Gasteiger partial charge is 0.465 e. The number of anilines is 1. The summed E-state index contributed by atoms with van der Waals surface area (Å²) < 4.78 is 4.65. The van der Waals surface area contributed by atoms with Gasteiger partial charge in [-0.2, -0.15) is 0 Å². The molecular formula is C18H18ClNO3. The molecule has 2 rings (SSSR count). The van der Waals surface area contributed by atoms with E-state index in [0.717, 1.165) is 5.56 Å². The van der Waals surface area contributed by atoms with Crippen molar-refractivity contribution in [3.05, 3.63) is 65.7 Å². The Morgan fingerprint density at radius 2 is 1.70 bits per heavy atom. The molecule has 4 nitrogen and oxygen atoms in total. The van der Waals surface area contributed by atoms with E-state index in [1.807, 2.05) is 30.3 Å². The van der Waals surface area contributed by atoms with Crippen LogP contribution in [0.1, 0.15) is 15.9 Å². The molecular weight excluding hydrogens is 314 g/mol. The van der Waals surface area contributed by atoms with Crippen LogP contribution in [0.2, 0.25) is 0 Å². The molecule has 1 atom stereocenters. The standard InChI is InChI=1S/C18H18ClNO3/c1-20(15-10-8-14(9-11-15)18(22)23-2)17(21)16(19)12-13-6-4-3-5-7-13/h3-11,16H,12H2,1-2H3. The molecule has 0 aromatic heterocycles. The molecule has 2 aromatic carbocycles. The van der Waals surface area contributed by atoms with Gasteiger partial charge in [-0.3, -0.25) is 4.79 Å². The Hall–Kier alpha value is -2.33. The Labute approximate surface area is 140 Å². The Balaban J connectivity index is 2.05. The summed E-state index contributed by atoms with van der Waals surface area (Å²) in [5.74, 6) is -0.605. The lowest BCUT2D eigenvalue weighted by molar-refractivity contribution is -0.118. The zero-order valence-corrected chi connectivity index (χ0v) is 13.8. The number of benzene rings is 2. The zero-order valence-electron chi connectivity index (χ0n) is 13.0. The minimum absolute atomic E-state index is 0.193. The molecule has 0 saturated heterocycles. The molecule has 0 heterocycles. The van der Waals surface area contributed by atoms with E-state index in [9.17, 15) is 9.59 Å². The first-order valence-electron chi connectivity index (χ1n) is 7.17. The Morgan fingerprint density at radius 1 is 1.09 bits per heavy atom. The summed E-state index contributed by atoms with van der Waals surface area (Å²) in [6.45, 7) is 0. The lowest BCUT2D eigenvalue weighted by Gasteiger charge is -2.20. The molecule has 0 spiro atoms. The smallest absolute Gasteiger partial charge is 0.337 e. The summed E-state index contributed by atoms with van der Waals surface area (Å²) in [6.07, 6.45) is 0.464. The summed E-state index contributed by atoms with van der Waals surface area (Å²) in [7, 11) is 2.99. The normalized spacial score (nSPS) is 11.6. The van der Waals surface area contributed by atoms with Crippen LogP contribution in [0.5, 0.6) is 0 Å². The van der Waals surface area contributed by atoms with Crippen molar-refractivity contribution in [2.24, 2.45) is 0 Å². The number of amides is 1. The molecule has 120 valence electrons. The number of hydrogen-bond acceptors (Lipinski definition) is 3. The van der Waals surface area contributed by atoms with Crippen LogP contribution in [0.15, 0.2) is 54.6 Å². The van der Waals surface area contributed by atoms with Crippen LogP contribution < -0.4 is 4.90 Å². The van der Waals surface area contributed by atoms with Crippen LogP contribution in [0.4, 0.5) is 5.69 Å². The van der Waals surface area contributed by atoms with Gasteiger partial charge in [0.05, 0.1) is 12.7 Å². The number of carbonyl (C=O) groups is 2. The molecule has 0 fully saturated rings. The number of rotatable bonds is 5. The second-order valence-electron chi connectivity index (χ2n) is 5.09. The van der Waals surface area contributed by atoms with Crippen LogP contribution in [0.3, 0.4) is 0 Å². The van der Waals surface area contributed by atoms with Gasteiger partial charge < -0.3 is 9.64 Å². The summed E-state index contributed by atoms with van der Waals surface area (Å²) in [5.41, 5.74) is 2.11. The maximum atomic E-state index is 12.4. The third-order valence-electron chi connectivity index (χ3n) is 3.53. The van der Waals surface area contributed by atoms with Gasteiger partial charge in [-0.05, 0) is 36.2 Å². The van der Waals surface area contributed by atoms with Crippen LogP contribution >= 0.6 is 11.6 Å². The molecule has 0 aliphatic heterocycles. The van der Waals surface area contributed by atoms with Crippen molar-refractivity contribution in [2.45, 2.75) is 11.8 Å². The molecule has 0 bridgehead atoms. The van der Waals surface area contributed by atoms with Gasteiger partial charge in [-0.25, -0.2) is 4.79 Å². The van der Waals surface area contributed by atoms with E-state index in [0.29, 0.717) is 17.7 Å². The molecule has 0 radical (unpaired) electrons. The van der Waals surface area contributed by atoms with Gasteiger partial charge in [-0.15, -0.1) is 11.6 Å². The van der Waals surface area contributed by atoms with Crippen LogP contribution in [-0.4, -0.2) is 31.4 Å². The van der Waals surface area contributed by atoms with E-state index < -0.39 is 11.3 Å². The summed E-state index contributed by atoms with van der Waals surface area (Å²) in [5, 5.41) is -0.650. The number of nitrogens with zero attached hydrogens (tertiary/aromatic N) is 1. The van der Waals surface area contributed by atoms with Crippen LogP contribution in [-0.2, 0) is 16.0 Å². The molecule has 0 saturated carbocycles. The van der Waals surface area contributed by atoms with Crippen molar-refractivity contribution >= 4 is 29.2 Å². The monoisotopic (exact) mass is 331 g/mol. The van der Waals surface area contributed by atoms with Gasteiger partial charge in [0.15, 0.2) is 0 Å². The SMILES string of the molecule is COC(=O)c1ccc(N(C)C(=O)C(Cl)Cc2ccccc2)cc1. The van der Waals surface area contributed by atoms with Crippen molar-refractivity contribution in [1.82, 2.24) is 0 Å². The highest BCUT2D eigenvalue weighted by molar-refractivity contribution is 6.32. The first kappa shape index (κ1) is 17.0. The molecule has 1 unspecified atom stereocenters. The number of ether oxygens (including phenoxy) is 1. The van der Waals surface area contributed by atoms with Crippen molar-refractivity contribution in [3.8, 4) is 0 Å². The van der Waals surface area contributed by atoms with Crippen molar-refractivity contribution in [3.63, 3.8) is 0 Å². The second-order valence-corrected chi connectivity index (χ2v) is 5.62. The van der Waals surface area contributed by atoms with Crippen LogP contribution in [0, 0.1) is 0 Å². The first-order valence-corrected chi connectivity index (χ1v) is 7.60. The molecule has 0 N–H and O–H groups in total. The number of carbonyl (C=O) groups excluding carboxylic acids is 2. The fraction of sp³-hybridized carbons (Fsp3) is 0.222. The average Bonchev–Trinajstić information content (AvgIpc) is 2.60. The van der Waals surface area contributed by atoms with Crippen molar-refractivity contribution in [1.29, 1.82) is 0 Å². The molecule has 2 aromatic rings. The van der Waals surface area contributed by atoms with E-state index >= 15 is 0 Å². The van der Waals surface area contributed by atoms with E-state index in [4.69, 9.17) is 11.6 Å². The number of alkyl halides is 1. The molecule has 1 amide bonds. The van der Waals surface area contributed by atoms with Gasteiger partial charge in [0.1, 0.15) is 5.38 Å². The molecule has 0 aliphatic rings. The number of methoxy groups -OCH3 is 1. The van der Waals surface area contributed by atoms with Crippen molar-refractivity contribution < 1.29 is 14.3 Å². The maximum absolute atomic E-state index is 12.4. The minimum Gasteiger partial charge on any atom is -0.465 e. The highest BCUT2D eigenvalue weighted by Gasteiger charge is 2.21. The zero-order chi connectivity index (χ0) is 16.8. The highest BCUT2D eigenvalue weighted by atomic mass is 35.5. The van der Waals surface area contributed by atoms with E-state index in [1.165, 1.54) is 12.0 Å². The Bertz CT molecular complexity index is 670. The number of hydrogen-bond donors (Lipinski definition) is 0. The van der Waals surface area contributed by atoms with Crippen LogP contribution in [0.25, 0.3) is 0 Å². The minimum atomic E-state index is -0.650. The lowest BCUT2D eigenvalue weighted by Crippen LogP contribution is -2.34. The van der Waals surface area contributed by atoms with Gasteiger partial charge in [0.2, 0.25) is 5.91 Å². The molecule has 0 aliphatic carbocycles. The van der Waals surface area contributed by atoms with Gasteiger partial charge in [0, 0.05) is 12.7 Å². The van der Waals surface area contributed by atoms with E-state index in [-0.39, 0.29) is 5.91 Å². The maximum Gasteiger partial charge on any atom is 0.337 e. The van der Waals surface area contributed by atoms with Gasteiger partial charge >= 0.3 is 5.97 Å². The predicted molar refractivity (Wildman–Crippen MR) is 91.0 cm³/mol. The summed E-state index contributed by atoms with van der Waals surface area (Å²) in [6, 6.07) is 16.2. The number of halogens is 1. The highest BCUT2D eigenvalue weighted by Crippen LogP contribution is 2.18. The topological polar surface area (TPSA) is 46.6 Å². The molecule has 23 heavy (non-hydrogen) atoms. The van der Waals surface area contributed by atoms with Gasteiger partial charge in [-0.1, -0.05) is 30.3 Å². The number of esters is 1. The third-order valence-corrected chi connectivity index (χ3v) is 3.87. The average molecular weight is 332 g/mol. The van der Waals surface area contributed by atoms with E-state index in [2.05, 4.69) is 4.74 Å². The van der Waals surface area contributed by atoms with Crippen molar-refractivity contribution in [2.75, 3.05) is 19.1 Å². The first-order chi connectivity index (χ1) is 11.0. The Morgan fingerprint density at radius 3 is 2.26 bits per heavy atom. The summed E-state index contributed by atoms with van der Waals surface area (Å²) in [4.78, 5) is 25.3. The summed E-state index contributed by atoms with van der Waals surface area (Å²) >= 11 is 6.25. The fourth-order valence-corrected chi connectivity index (χ4v) is 2.51. The Kier molecular flexibility index (Phi) is 5.77. The second kappa shape index (κ2) is 7.79. The lowest BCUT2D eigenvalue weighted by atomic mass is 10.1. The fourth-order valence-electron chi connectivity index (χ4n) is 2.18. The van der Waals surface area contributed by atoms with E-state index in [1.54, 1.807) is 31.3 Å². The third kappa shape index (κ3) is 4.33. The molecule has 5 heteroatoms. The predicted octanol–water partition coefficient (Wildman–Crippen LogP) is 3.29.